The Labute approximate surface area is 464 Å². The molecule has 10 N–H and O–H groups in total. The van der Waals surface area contributed by atoms with Gasteiger partial charge >= 0.3 is 0 Å². The molecule has 12 atom stereocenters. The van der Waals surface area contributed by atoms with E-state index in [1.165, 1.54) is 64.5 Å². The minimum absolute atomic E-state index is 0.0148. The Morgan fingerprint density at radius 2 is 0.902 bits per heavy atom. The third kappa shape index (κ3) is 8.41. The number of methoxy groups -OCH3 is 2. The van der Waals surface area contributed by atoms with Gasteiger partial charge in [-0.15, -0.1) is 0 Å². The van der Waals surface area contributed by atoms with Gasteiger partial charge in [-0.05, 0) is 39.8 Å². The summed E-state index contributed by atoms with van der Waals surface area (Å²) in [6.07, 6.45) is -13.9. The molecule has 5 aromatic carbocycles. The van der Waals surface area contributed by atoms with Crippen molar-refractivity contribution >= 4 is 46.1 Å². The van der Waals surface area contributed by atoms with Gasteiger partial charge in [-0.1, -0.05) is 24.3 Å². The van der Waals surface area contributed by atoms with Gasteiger partial charge in [0.05, 0.1) is 84.1 Å². The van der Waals surface area contributed by atoms with Crippen LogP contribution < -0.4 is 31.0 Å². The summed E-state index contributed by atoms with van der Waals surface area (Å²) in [5, 5.41) is 99.9. The molecule has 0 saturated carbocycles. The highest BCUT2D eigenvalue weighted by Crippen LogP contribution is 2.55. The first-order valence-corrected chi connectivity index (χ1v) is 26.3. The van der Waals surface area contributed by atoms with Crippen LogP contribution in [0.4, 0.5) is 11.4 Å². The summed E-state index contributed by atoms with van der Waals surface area (Å²) in [6.45, 7) is 5.10. The standard InChI is InChI=1S/C58H56N2O22/c1-19-45(63)27(13-33(79-19)81-31-17-57(75,21(3)61)15-25-37(31)53(71)41-39(49(25)67)47(65)23-9-7-11-29(77-5)35(23)51(41)69)59-43-44(56(74)55(43)73)60-28-14-34(80-20(2)46(28)64)82-32-18-58(76,22(4)62)16-26-38(32)54(72)42-40(50(26)68)48(66)24-10-8-12-30(78-6)36(24)52(42)70/h7-12,19-20,27-28,31-34,45-46,59-60,63-64,67-68,71-72,75-76H,13-18H2,1-6H3/t19?,20?,27?,28?,31-,32+,33?,34?,45?,46?,57-,58+. The van der Waals surface area contributed by atoms with E-state index in [0.717, 1.165) is 13.8 Å². The van der Waals surface area contributed by atoms with E-state index in [2.05, 4.69) is 10.6 Å². The number of Topliss-reactive ketones (excluding diaryl/α,β-unsaturated/α-hetero) is 2. The molecule has 6 aliphatic rings. The van der Waals surface area contributed by atoms with E-state index in [0.29, 0.717) is 0 Å². The van der Waals surface area contributed by atoms with Crippen LogP contribution in [0.1, 0.15) is 152 Å². The number of hydrogen-bond acceptors (Lipinski definition) is 24. The van der Waals surface area contributed by atoms with Crippen LogP contribution in [-0.4, -0.2) is 150 Å². The fourth-order valence-corrected chi connectivity index (χ4v) is 12.6. The summed E-state index contributed by atoms with van der Waals surface area (Å²) >= 11 is 0. The van der Waals surface area contributed by atoms with Gasteiger partial charge in [0.25, 0.3) is 10.9 Å². The lowest BCUT2D eigenvalue weighted by molar-refractivity contribution is -0.245. The van der Waals surface area contributed by atoms with Crippen LogP contribution in [-0.2, 0) is 41.4 Å². The molecule has 2 heterocycles. The first-order valence-electron chi connectivity index (χ1n) is 26.3. The monoisotopic (exact) mass is 1130 g/mol. The number of ketones is 6. The van der Waals surface area contributed by atoms with Gasteiger partial charge in [0, 0.05) is 71.9 Å². The molecule has 0 spiro atoms. The number of fused-ring (bicyclic) bond motifs is 6. The maximum atomic E-state index is 14.2. The third-order valence-corrected chi connectivity index (χ3v) is 17.1. The van der Waals surface area contributed by atoms with Crippen LogP contribution >= 0.6 is 0 Å². The first kappa shape index (κ1) is 55.9. The number of ether oxygens (including phenoxy) is 6. The quantitative estimate of drug-likeness (QED) is 0.0619. The lowest BCUT2D eigenvalue weighted by Crippen LogP contribution is -2.55. The Morgan fingerprint density at radius 3 is 1.24 bits per heavy atom. The highest BCUT2D eigenvalue weighted by molar-refractivity contribution is 6.32. The average molecular weight is 1130 g/mol. The molecule has 0 radical (unpaired) electrons. The number of nitrogens with one attached hydrogen (secondary N) is 2. The van der Waals surface area contributed by atoms with Gasteiger partial charge in [0.1, 0.15) is 69.3 Å². The second-order valence-corrected chi connectivity index (χ2v) is 21.9. The van der Waals surface area contributed by atoms with Crippen molar-refractivity contribution < 1.29 is 98.0 Å². The Bertz CT molecular complexity index is 3490. The van der Waals surface area contributed by atoms with E-state index in [4.69, 9.17) is 28.4 Å². The number of aromatic hydroxyl groups is 4. The van der Waals surface area contributed by atoms with Crippen molar-refractivity contribution in [3.8, 4) is 34.5 Å². The molecule has 5 aromatic rings. The van der Waals surface area contributed by atoms with E-state index in [1.54, 1.807) is 0 Å². The zero-order valence-electron chi connectivity index (χ0n) is 44.8. The second kappa shape index (κ2) is 19.9. The van der Waals surface area contributed by atoms with Gasteiger partial charge < -0.3 is 79.9 Å². The Hall–Kier alpha value is -7.94. The number of phenols is 4. The van der Waals surface area contributed by atoms with Crippen LogP contribution in [0.5, 0.6) is 34.5 Å². The van der Waals surface area contributed by atoms with Crippen molar-refractivity contribution in [3.63, 3.8) is 0 Å². The maximum Gasteiger partial charge on any atom is 0.253 e. The minimum Gasteiger partial charge on any atom is -0.507 e. The van der Waals surface area contributed by atoms with Crippen molar-refractivity contribution in [2.75, 3.05) is 24.9 Å². The molecule has 2 aliphatic heterocycles. The van der Waals surface area contributed by atoms with Gasteiger partial charge in [-0.2, -0.15) is 0 Å². The van der Waals surface area contributed by atoms with Gasteiger partial charge in [0.2, 0.25) is 11.6 Å². The fraction of sp³-hybridized carbons (Fsp3) is 0.414. The van der Waals surface area contributed by atoms with Crippen LogP contribution in [0.15, 0.2) is 46.0 Å². The zero-order valence-corrected chi connectivity index (χ0v) is 44.8. The molecule has 2 fully saturated rings. The van der Waals surface area contributed by atoms with Crippen molar-refractivity contribution in [1.82, 2.24) is 0 Å². The van der Waals surface area contributed by atoms with E-state index in [1.807, 2.05) is 0 Å². The molecule has 0 aromatic heterocycles. The molecule has 430 valence electrons. The molecule has 82 heavy (non-hydrogen) atoms. The predicted molar refractivity (Wildman–Crippen MR) is 281 cm³/mol. The Kier molecular flexibility index (Phi) is 13.6. The molecule has 2 saturated heterocycles. The number of carbonyl (C=O) groups excluding carboxylic acids is 6. The number of aliphatic hydroxyl groups is 4. The van der Waals surface area contributed by atoms with Gasteiger partial charge in [0.15, 0.2) is 35.7 Å². The summed E-state index contributed by atoms with van der Waals surface area (Å²) in [6, 6.07) is 6.14. The minimum atomic E-state index is -2.25. The Morgan fingerprint density at radius 1 is 0.549 bits per heavy atom. The zero-order chi connectivity index (χ0) is 59.1. The highest BCUT2D eigenvalue weighted by atomic mass is 16.7. The number of hydrogen-bond donors (Lipinski definition) is 10. The van der Waals surface area contributed by atoms with E-state index >= 15 is 0 Å². The molecule has 24 nitrogen and oxygen atoms in total. The predicted octanol–water partition coefficient (Wildman–Crippen LogP) is 2.27. The SMILES string of the molecule is COc1cccc2c1C(=O)c1c(O)c3c(c(O)c1C2=O)C[C@@](O)(C(C)=O)C[C@@H]3OC1CC(Nc2c(NC3CC(O[C@@H]4C[C@@](O)(C(C)=O)Cc5c(O)c6c(c(O)c54)C(=O)c4c(OC)cccc4C6=O)OC(C)C3O)c(=O)c2=O)C(O)C(C)O1. The van der Waals surface area contributed by atoms with Crippen molar-refractivity contribution in [2.24, 2.45) is 0 Å². The maximum absolute atomic E-state index is 14.2. The van der Waals surface area contributed by atoms with E-state index in [-0.39, 0.29) is 80.2 Å². The van der Waals surface area contributed by atoms with Crippen molar-refractivity contribution in [2.45, 2.75) is 139 Å². The number of anilines is 2. The summed E-state index contributed by atoms with van der Waals surface area (Å²) < 4.78 is 35.5. The molecule has 8 unspecified atom stereocenters. The summed E-state index contributed by atoms with van der Waals surface area (Å²) in [4.78, 5) is 109. The molecular weight excluding hydrogens is 1080 g/mol. The third-order valence-electron chi connectivity index (χ3n) is 17.1. The van der Waals surface area contributed by atoms with Crippen LogP contribution in [0.3, 0.4) is 0 Å². The summed E-state index contributed by atoms with van der Waals surface area (Å²) in [5.74, 6) is -8.03. The van der Waals surface area contributed by atoms with E-state index in [9.17, 15) is 79.2 Å². The second-order valence-electron chi connectivity index (χ2n) is 21.9. The number of benzene rings is 4. The van der Waals surface area contributed by atoms with Crippen LogP contribution in [0, 0.1) is 0 Å². The molecular formula is C58H56N2O22. The molecule has 24 heteroatoms. The normalized spacial score (nSPS) is 29.1. The molecule has 11 rings (SSSR count). The Balaban J connectivity index is 0.858. The smallest absolute Gasteiger partial charge is 0.253 e. The lowest BCUT2D eigenvalue weighted by Gasteiger charge is -2.43. The van der Waals surface area contributed by atoms with Crippen molar-refractivity contribution in [3.05, 3.63) is 124 Å². The molecule has 0 bridgehead atoms. The number of rotatable bonds is 12. The number of phenolic OH excluding ortho intramolecular Hbond substituents is 4. The van der Waals surface area contributed by atoms with E-state index < -0.39 is 189 Å². The largest absolute Gasteiger partial charge is 0.507 e. The van der Waals surface area contributed by atoms with Gasteiger partial charge in [-0.25, -0.2) is 0 Å². The number of aliphatic hydroxyl groups excluding tert-OH is 2. The summed E-state index contributed by atoms with van der Waals surface area (Å²) in [5.41, 5.74) is -11.1. The van der Waals surface area contributed by atoms with Gasteiger partial charge in [-0.3, -0.25) is 38.4 Å². The fourth-order valence-electron chi connectivity index (χ4n) is 12.6. The summed E-state index contributed by atoms with van der Waals surface area (Å²) in [7, 11) is 2.56. The van der Waals surface area contributed by atoms with Crippen molar-refractivity contribution in [1.29, 1.82) is 0 Å². The highest BCUT2D eigenvalue weighted by Gasteiger charge is 2.52. The molecule has 4 aliphatic carbocycles. The van der Waals surface area contributed by atoms with Crippen LogP contribution in [0.25, 0.3) is 0 Å². The molecule has 0 amide bonds. The van der Waals surface area contributed by atoms with Crippen LogP contribution in [0.2, 0.25) is 0 Å². The average Bonchev–Trinajstić information content (AvgIpc) is 1.67. The lowest BCUT2D eigenvalue weighted by atomic mass is 9.72. The first-order chi connectivity index (χ1) is 38.7. The topological polar surface area (TPSA) is 378 Å². The number of carbonyl (C=O) groups is 6.